The summed E-state index contributed by atoms with van der Waals surface area (Å²) >= 11 is 0. The molecule has 3 aliphatic carbocycles. The standard InChI is InChI=1S/C33H48O9/c34-16-22-7-9-23(10-8-22)19-40-31(37)28-11-12-29(32(38)41-20-26-5-1-3-24(13-26)17-35)30(15-28)33(39)42-21-27-6-2-4-25(14-27)18-36/h11-12,15,22-27,34-36H,1-10,13-14,16-21H2. The Bertz CT molecular complexity index is 1030. The van der Waals surface area contributed by atoms with Gasteiger partial charge in [0.25, 0.3) is 0 Å². The van der Waals surface area contributed by atoms with Crippen molar-refractivity contribution in [1.29, 1.82) is 0 Å². The minimum atomic E-state index is -0.692. The van der Waals surface area contributed by atoms with Crippen LogP contribution in [-0.4, -0.2) is 72.9 Å². The van der Waals surface area contributed by atoms with Gasteiger partial charge in [0, 0.05) is 19.8 Å². The molecule has 0 heterocycles. The largest absolute Gasteiger partial charge is 0.462 e. The van der Waals surface area contributed by atoms with E-state index in [9.17, 15) is 29.7 Å². The van der Waals surface area contributed by atoms with Gasteiger partial charge in [-0.3, -0.25) is 0 Å². The summed E-state index contributed by atoms with van der Waals surface area (Å²) in [6.45, 7) is 1.09. The number of aliphatic hydroxyl groups is 3. The van der Waals surface area contributed by atoms with E-state index < -0.39 is 17.9 Å². The Morgan fingerprint density at radius 2 is 1.00 bits per heavy atom. The first-order chi connectivity index (χ1) is 20.4. The third-order valence-electron chi connectivity index (χ3n) is 9.57. The van der Waals surface area contributed by atoms with Crippen LogP contribution in [0.5, 0.6) is 0 Å². The molecule has 4 rings (SSSR count). The highest BCUT2D eigenvalue weighted by atomic mass is 16.5. The highest BCUT2D eigenvalue weighted by molar-refractivity contribution is 6.05. The first kappa shape index (κ1) is 32.4. The molecule has 0 spiro atoms. The van der Waals surface area contributed by atoms with Crippen molar-refractivity contribution in [2.24, 2.45) is 35.5 Å². The number of esters is 3. The molecule has 42 heavy (non-hydrogen) atoms. The molecule has 1 aromatic carbocycles. The summed E-state index contributed by atoms with van der Waals surface area (Å²) in [5, 5.41) is 28.4. The smallest absolute Gasteiger partial charge is 0.339 e. The summed E-state index contributed by atoms with van der Waals surface area (Å²) in [4.78, 5) is 39.4. The van der Waals surface area contributed by atoms with Gasteiger partial charge in [-0.25, -0.2) is 14.4 Å². The van der Waals surface area contributed by atoms with E-state index in [1.165, 1.54) is 18.2 Å². The Morgan fingerprint density at radius 3 is 1.55 bits per heavy atom. The van der Waals surface area contributed by atoms with Gasteiger partial charge < -0.3 is 29.5 Å². The van der Waals surface area contributed by atoms with Crippen molar-refractivity contribution in [1.82, 2.24) is 0 Å². The van der Waals surface area contributed by atoms with Crippen LogP contribution < -0.4 is 0 Å². The molecule has 0 amide bonds. The highest BCUT2D eigenvalue weighted by Crippen LogP contribution is 2.31. The third kappa shape index (κ3) is 9.25. The average molecular weight is 589 g/mol. The van der Waals surface area contributed by atoms with Gasteiger partial charge in [0.2, 0.25) is 0 Å². The molecule has 0 aromatic heterocycles. The number of rotatable bonds is 12. The van der Waals surface area contributed by atoms with E-state index in [-0.39, 0.29) is 85.9 Å². The lowest BCUT2D eigenvalue weighted by molar-refractivity contribution is 0.0318. The Kier molecular flexibility index (Phi) is 12.6. The normalized spacial score (nSPS) is 28.1. The van der Waals surface area contributed by atoms with E-state index in [1.54, 1.807) is 0 Å². The lowest BCUT2D eigenvalue weighted by Gasteiger charge is -2.28. The van der Waals surface area contributed by atoms with Crippen LogP contribution in [0.15, 0.2) is 18.2 Å². The van der Waals surface area contributed by atoms with Crippen LogP contribution in [0.1, 0.15) is 108 Å². The molecular weight excluding hydrogens is 540 g/mol. The molecule has 4 atom stereocenters. The van der Waals surface area contributed by atoms with Crippen LogP contribution in [0.4, 0.5) is 0 Å². The zero-order valence-electron chi connectivity index (χ0n) is 24.7. The van der Waals surface area contributed by atoms with Crippen LogP contribution in [0.3, 0.4) is 0 Å². The summed E-state index contributed by atoms with van der Waals surface area (Å²) in [6.07, 6.45) is 10.9. The first-order valence-corrected chi connectivity index (χ1v) is 15.9. The van der Waals surface area contributed by atoms with Gasteiger partial charge >= 0.3 is 17.9 Å². The van der Waals surface area contributed by atoms with Gasteiger partial charge in [0.15, 0.2) is 0 Å². The fourth-order valence-electron chi connectivity index (χ4n) is 6.86. The van der Waals surface area contributed by atoms with E-state index in [0.29, 0.717) is 5.92 Å². The topological polar surface area (TPSA) is 140 Å². The van der Waals surface area contributed by atoms with Crippen molar-refractivity contribution < 1.29 is 43.9 Å². The van der Waals surface area contributed by atoms with Crippen molar-refractivity contribution >= 4 is 17.9 Å². The number of aliphatic hydroxyl groups excluding tert-OH is 3. The minimum absolute atomic E-state index is 0.0238. The van der Waals surface area contributed by atoms with E-state index in [1.807, 2.05) is 0 Å². The maximum absolute atomic E-state index is 13.3. The van der Waals surface area contributed by atoms with Gasteiger partial charge in [0.1, 0.15) is 0 Å². The second-order valence-electron chi connectivity index (χ2n) is 12.8. The molecule has 3 fully saturated rings. The second kappa shape index (κ2) is 16.4. The second-order valence-corrected chi connectivity index (χ2v) is 12.8. The van der Waals surface area contributed by atoms with Gasteiger partial charge in [-0.15, -0.1) is 0 Å². The van der Waals surface area contributed by atoms with Gasteiger partial charge in [-0.2, -0.15) is 0 Å². The molecule has 3 saturated carbocycles. The molecule has 0 saturated heterocycles. The molecule has 234 valence electrons. The molecule has 0 aliphatic heterocycles. The molecule has 9 heteroatoms. The van der Waals surface area contributed by atoms with E-state index >= 15 is 0 Å². The van der Waals surface area contributed by atoms with Gasteiger partial charge in [0.05, 0.1) is 36.5 Å². The highest BCUT2D eigenvalue weighted by Gasteiger charge is 2.28. The average Bonchev–Trinajstić information content (AvgIpc) is 3.05. The Morgan fingerprint density at radius 1 is 0.548 bits per heavy atom. The van der Waals surface area contributed by atoms with Gasteiger partial charge in [-0.05, 0) is 118 Å². The van der Waals surface area contributed by atoms with Crippen molar-refractivity contribution in [2.75, 3.05) is 39.6 Å². The Labute approximate surface area is 248 Å². The number of carbonyl (C=O) groups excluding carboxylic acids is 3. The van der Waals surface area contributed by atoms with Crippen LogP contribution >= 0.6 is 0 Å². The fraction of sp³-hybridized carbons (Fsp3) is 0.727. The number of carbonyl (C=O) groups is 3. The molecule has 3 N–H and O–H groups in total. The number of ether oxygens (including phenoxy) is 3. The Balaban J connectivity index is 1.42. The third-order valence-corrected chi connectivity index (χ3v) is 9.57. The van der Waals surface area contributed by atoms with Crippen molar-refractivity contribution in [2.45, 2.75) is 77.0 Å². The zero-order valence-corrected chi connectivity index (χ0v) is 24.7. The number of hydrogen-bond acceptors (Lipinski definition) is 9. The molecule has 0 bridgehead atoms. The predicted molar refractivity (Wildman–Crippen MR) is 155 cm³/mol. The molecule has 9 nitrogen and oxygen atoms in total. The predicted octanol–water partition coefficient (Wildman–Crippen LogP) is 4.55. The SMILES string of the molecule is O=C(OCC1CCC(CO)CC1)c1ccc(C(=O)OCC2CCCC(CO)C2)c(C(=O)OCC2CCCC(CO)C2)c1. The quantitative estimate of drug-likeness (QED) is 0.237. The molecule has 1 aromatic rings. The summed E-state index contributed by atoms with van der Waals surface area (Å²) in [5.41, 5.74) is 0.188. The van der Waals surface area contributed by atoms with Crippen LogP contribution in [-0.2, 0) is 14.2 Å². The summed E-state index contributed by atoms with van der Waals surface area (Å²) in [5.74, 6) is -0.645. The maximum atomic E-state index is 13.3. The molecule has 0 radical (unpaired) electrons. The van der Waals surface area contributed by atoms with Crippen LogP contribution in [0, 0.1) is 35.5 Å². The number of hydrogen-bond donors (Lipinski definition) is 3. The lowest BCUT2D eigenvalue weighted by atomic mass is 9.82. The van der Waals surface area contributed by atoms with Crippen LogP contribution in [0.2, 0.25) is 0 Å². The van der Waals surface area contributed by atoms with Crippen molar-refractivity contribution in [3.63, 3.8) is 0 Å². The fourth-order valence-corrected chi connectivity index (χ4v) is 6.86. The summed E-state index contributed by atoms with van der Waals surface area (Å²) < 4.78 is 16.9. The molecular formula is C33H48O9. The van der Waals surface area contributed by atoms with Crippen molar-refractivity contribution in [3.05, 3.63) is 34.9 Å². The molecule has 4 unspecified atom stereocenters. The van der Waals surface area contributed by atoms with E-state index in [4.69, 9.17) is 14.2 Å². The monoisotopic (exact) mass is 588 g/mol. The van der Waals surface area contributed by atoms with Crippen molar-refractivity contribution in [3.8, 4) is 0 Å². The maximum Gasteiger partial charge on any atom is 0.339 e. The van der Waals surface area contributed by atoms with Crippen LogP contribution in [0.25, 0.3) is 0 Å². The number of benzene rings is 1. The minimum Gasteiger partial charge on any atom is -0.462 e. The van der Waals surface area contributed by atoms with E-state index in [0.717, 1.165) is 77.0 Å². The van der Waals surface area contributed by atoms with E-state index in [2.05, 4.69) is 0 Å². The first-order valence-electron chi connectivity index (χ1n) is 15.9. The molecule has 3 aliphatic rings. The Hall–Kier alpha value is -2.49. The zero-order chi connectivity index (χ0) is 29.9. The summed E-state index contributed by atoms with van der Waals surface area (Å²) in [6, 6.07) is 4.28. The lowest BCUT2D eigenvalue weighted by Crippen LogP contribution is -2.25. The van der Waals surface area contributed by atoms with Gasteiger partial charge in [-0.1, -0.05) is 12.8 Å². The summed E-state index contributed by atoms with van der Waals surface area (Å²) in [7, 11) is 0.